The fraction of sp³-hybridized carbons (Fsp3) is 0.737. The molecule has 0 aromatic rings. The van der Waals surface area contributed by atoms with E-state index in [2.05, 4.69) is 4.74 Å². The molecule has 0 radical (unpaired) electrons. The van der Waals surface area contributed by atoms with Gasteiger partial charge < -0.3 is 49.2 Å². The van der Waals surface area contributed by atoms with Gasteiger partial charge in [-0.15, -0.1) is 0 Å². The standard InChI is InChI=1S/C19H28O13/c1-7(30-8(2)21)13-9(4-12(22)23)10(17(27)28-3)6-29-18(13)32-19-16(26)15(25)14(24)11(5-20)31-19/h6-7,9,11,13-16,18-20,24-26H,4-5H2,1-3H3,(H,22,23)/t7-,9+,11+,13+,14+,15+,16-,18-,19-/m0/s1. The minimum atomic E-state index is -1.76. The summed E-state index contributed by atoms with van der Waals surface area (Å²) < 4.78 is 26.3. The van der Waals surface area contributed by atoms with E-state index in [4.69, 9.17) is 18.9 Å². The lowest BCUT2D eigenvalue weighted by Gasteiger charge is -2.44. The Morgan fingerprint density at radius 3 is 2.31 bits per heavy atom. The van der Waals surface area contributed by atoms with E-state index in [-0.39, 0.29) is 5.57 Å². The van der Waals surface area contributed by atoms with Crippen molar-refractivity contribution in [1.82, 2.24) is 0 Å². The van der Waals surface area contributed by atoms with Crippen molar-refractivity contribution in [1.29, 1.82) is 0 Å². The smallest absolute Gasteiger partial charge is 0.337 e. The Bertz CT molecular complexity index is 720. The van der Waals surface area contributed by atoms with Crippen molar-refractivity contribution >= 4 is 17.9 Å². The second-order valence-electron chi connectivity index (χ2n) is 7.50. The van der Waals surface area contributed by atoms with E-state index in [9.17, 15) is 39.9 Å². The molecule has 0 unspecified atom stereocenters. The van der Waals surface area contributed by atoms with Crippen LogP contribution in [0.25, 0.3) is 0 Å². The predicted molar refractivity (Wildman–Crippen MR) is 100 cm³/mol. The molecule has 0 spiro atoms. The van der Waals surface area contributed by atoms with Gasteiger partial charge in [0.25, 0.3) is 0 Å². The molecule has 32 heavy (non-hydrogen) atoms. The highest BCUT2D eigenvalue weighted by atomic mass is 16.8. The molecule has 0 aliphatic carbocycles. The molecule has 2 rings (SSSR count). The zero-order valence-corrected chi connectivity index (χ0v) is 17.7. The summed E-state index contributed by atoms with van der Waals surface area (Å²) in [4.78, 5) is 35.2. The van der Waals surface area contributed by atoms with E-state index in [1.165, 1.54) is 6.92 Å². The Morgan fingerprint density at radius 1 is 1.12 bits per heavy atom. The summed E-state index contributed by atoms with van der Waals surface area (Å²) in [6, 6.07) is 0. The van der Waals surface area contributed by atoms with Gasteiger partial charge in [-0.3, -0.25) is 9.59 Å². The maximum atomic E-state index is 12.2. The van der Waals surface area contributed by atoms with Crippen LogP contribution in [0.1, 0.15) is 20.3 Å². The average molecular weight is 464 g/mol. The van der Waals surface area contributed by atoms with Gasteiger partial charge in [-0.25, -0.2) is 4.79 Å². The Kier molecular flexibility index (Phi) is 8.95. The fourth-order valence-corrected chi connectivity index (χ4v) is 3.79. The van der Waals surface area contributed by atoms with Crippen LogP contribution in [0.5, 0.6) is 0 Å². The van der Waals surface area contributed by atoms with Crippen LogP contribution >= 0.6 is 0 Å². The molecule has 0 bridgehead atoms. The van der Waals surface area contributed by atoms with Crippen molar-refractivity contribution in [2.24, 2.45) is 11.8 Å². The van der Waals surface area contributed by atoms with Gasteiger partial charge in [-0.2, -0.15) is 0 Å². The second kappa shape index (κ2) is 11.0. The first kappa shape index (κ1) is 26.0. The highest BCUT2D eigenvalue weighted by Gasteiger charge is 2.50. The molecule has 9 atom stereocenters. The number of aliphatic hydroxyl groups excluding tert-OH is 4. The van der Waals surface area contributed by atoms with Crippen LogP contribution in [0.2, 0.25) is 0 Å². The third-order valence-corrected chi connectivity index (χ3v) is 5.33. The van der Waals surface area contributed by atoms with Gasteiger partial charge in [0, 0.05) is 12.8 Å². The van der Waals surface area contributed by atoms with Crippen molar-refractivity contribution in [2.45, 2.75) is 63.4 Å². The first-order chi connectivity index (χ1) is 15.0. The zero-order valence-electron chi connectivity index (χ0n) is 17.7. The van der Waals surface area contributed by atoms with E-state index in [1.807, 2.05) is 0 Å². The Morgan fingerprint density at radius 2 is 1.78 bits per heavy atom. The number of carboxylic acids is 1. The second-order valence-corrected chi connectivity index (χ2v) is 7.50. The third-order valence-electron chi connectivity index (χ3n) is 5.33. The van der Waals surface area contributed by atoms with Gasteiger partial charge in [-0.1, -0.05) is 0 Å². The van der Waals surface area contributed by atoms with Crippen LogP contribution in [0.15, 0.2) is 11.8 Å². The molecule has 1 fully saturated rings. The fourth-order valence-electron chi connectivity index (χ4n) is 3.79. The minimum absolute atomic E-state index is 0.132. The average Bonchev–Trinajstić information content (AvgIpc) is 2.72. The number of methoxy groups -OCH3 is 1. The molecule has 13 nitrogen and oxygen atoms in total. The van der Waals surface area contributed by atoms with Crippen molar-refractivity contribution in [3.63, 3.8) is 0 Å². The van der Waals surface area contributed by atoms with Gasteiger partial charge in [-0.05, 0) is 6.92 Å². The van der Waals surface area contributed by atoms with Crippen molar-refractivity contribution in [3.05, 3.63) is 11.8 Å². The molecule has 1 saturated heterocycles. The van der Waals surface area contributed by atoms with Crippen LogP contribution in [0.4, 0.5) is 0 Å². The molecule has 5 N–H and O–H groups in total. The maximum absolute atomic E-state index is 12.2. The highest BCUT2D eigenvalue weighted by molar-refractivity contribution is 5.89. The van der Waals surface area contributed by atoms with Crippen molar-refractivity contribution in [3.8, 4) is 0 Å². The van der Waals surface area contributed by atoms with Crippen LogP contribution < -0.4 is 0 Å². The van der Waals surface area contributed by atoms with Gasteiger partial charge >= 0.3 is 17.9 Å². The van der Waals surface area contributed by atoms with Gasteiger partial charge in [0.1, 0.15) is 30.5 Å². The zero-order chi connectivity index (χ0) is 24.2. The summed E-state index contributed by atoms with van der Waals surface area (Å²) >= 11 is 0. The number of aliphatic hydroxyl groups is 4. The van der Waals surface area contributed by atoms with Gasteiger partial charge in [0.15, 0.2) is 6.29 Å². The summed E-state index contributed by atoms with van der Waals surface area (Å²) in [5.41, 5.74) is -0.132. The lowest BCUT2D eigenvalue weighted by molar-refractivity contribution is -0.345. The lowest BCUT2D eigenvalue weighted by atomic mass is 9.78. The molecule has 2 aliphatic heterocycles. The number of aliphatic carboxylic acids is 1. The Labute approximate surface area is 183 Å². The molecule has 2 aliphatic rings. The molecule has 0 aromatic carbocycles. The predicted octanol–water partition coefficient (Wildman–Crippen LogP) is -2.13. The topological polar surface area (TPSA) is 199 Å². The largest absolute Gasteiger partial charge is 0.481 e. The van der Waals surface area contributed by atoms with Gasteiger partial charge in [0.2, 0.25) is 6.29 Å². The first-order valence-electron chi connectivity index (χ1n) is 9.80. The van der Waals surface area contributed by atoms with Gasteiger partial charge in [0.05, 0.1) is 37.9 Å². The van der Waals surface area contributed by atoms with Crippen LogP contribution in [0.3, 0.4) is 0 Å². The summed E-state index contributed by atoms with van der Waals surface area (Å²) in [6.45, 7) is 1.88. The number of hydrogen-bond acceptors (Lipinski definition) is 12. The maximum Gasteiger partial charge on any atom is 0.337 e. The Hall–Kier alpha value is -2.29. The number of carboxylic acid groups (broad SMARTS) is 1. The molecule has 13 heteroatoms. The summed E-state index contributed by atoms with van der Waals surface area (Å²) in [5.74, 6) is -4.98. The molecular weight excluding hydrogens is 436 g/mol. The minimum Gasteiger partial charge on any atom is -0.481 e. The third kappa shape index (κ3) is 5.74. The molecule has 0 saturated carbocycles. The van der Waals surface area contributed by atoms with Crippen LogP contribution in [-0.2, 0) is 38.1 Å². The molecule has 2 heterocycles. The number of carbonyl (C=O) groups excluding carboxylic acids is 2. The molecular formula is C19H28O13. The quantitative estimate of drug-likeness (QED) is 0.244. The molecule has 0 amide bonds. The van der Waals surface area contributed by atoms with Crippen LogP contribution in [-0.4, -0.2) is 100 Å². The van der Waals surface area contributed by atoms with E-state index >= 15 is 0 Å². The van der Waals surface area contributed by atoms with E-state index in [0.717, 1.165) is 20.3 Å². The van der Waals surface area contributed by atoms with E-state index < -0.39 is 85.9 Å². The van der Waals surface area contributed by atoms with E-state index in [0.29, 0.717) is 0 Å². The number of hydrogen-bond donors (Lipinski definition) is 5. The number of rotatable bonds is 8. The summed E-state index contributed by atoms with van der Waals surface area (Å²) in [6.07, 6.45) is -10.0. The molecule has 0 aromatic heterocycles. The van der Waals surface area contributed by atoms with Crippen molar-refractivity contribution in [2.75, 3.05) is 13.7 Å². The lowest BCUT2D eigenvalue weighted by Crippen LogP contribution is -2.60. The van der Waals surface area contributed by atoms with Crippen LogP contribution in [0, 0.1) is 11.8 Å². The molecule has 182 valence electrons. The Balaban J connectivity index is 2.39. The number of ether oxygens (including phenoxy) is 5. The number of carbonyl (C=O) groups is 3. The van der Waals surface area contributed by atoms with E-state index in [1.54, 1.807) is 0 Å². The van der Waals surface area contributed by atoms with Crippen molar-refractivity contribution < 1.29 is 63.6 Å². The first-order valence-corrected chi connectivity index (χ1v) is 9.80. The highest BCUT2D eigenvalue weighted by Crippen LogP contribution is 2.39. The summed E-state index contributed by atoms with van der Waals surface area (Å²) in [5, 5.41) is 48.9. The summed E-state index contributed by atoms with van der Waals surface area (Å²) in [7, 11) is 1.10. The normalized spacial score (nSPS) is 35.8. The monoisotopic (exact) mass is 464 g/mol. The SMILES string of the molecule is COC(=O)C1=CO[C@@H](O[C@@H]2O[C@H](CO)[C@@H](O)[C@@H](O)[C@@H]2O)[C@H]([C@H](C)OC(C)=O)[C@@H]1CC(=O)O. The number of esters is 2.